The number of amides is 1. The summed E-state index contributed by atoms with van der Waals surface area (Å²) in [6.07, 6.45) is -0.0595. The summed E-state index contributed by atoms with van der Waals surface area (Å²) in [5, 5.41) is 11.5. The van der Waals surface area contributed by atoms with Gasteiger partial charge in [-0.3, -0.25) is 9.59 Å². The quantitative estimate of drug-likeness (QED) is 0.284. The van der Waals surface area contributed by atoms with Gasteiger partial charge >= 0.3 is 0 Å². The highest BCUT2D eigenvalue weighted by Gasteiger charge is 2.46. The number of aliphatic hydroxyl groups excluding tert-OH is 1. The summed E-state index contributed by atoms with van der Waals surface area (Å²) in [5.74, 6) is 0.275. The largest absolute Gasteiger partial charge is 0.507 e. The molecule has 200 valence electrons. The number of nitrogens with zero attached hydrogens (tertiary/aromatic N) is 2. The van der Waals surface area contributed by atoms with E-state index in [0.717, 1.165) is 5.56 Å². The van der Waals surface area contributed by atoms with Crippen LogP contribution in [0.5, 0.6) is 17.2 Å². The minimum absolute atomic E-state index is 0.0446. The maximum Gasteiger partial charge on any atom is 0.295 e. The third-order valence-corrected chi connectivity index (χ3v) is 6.32. The number of benzene rings is 2. The first-order chi connectivity index (χ1) is 17.5. The van der Waals surface area contributed by atoms with Crippen molar-refractivity contribution in [1.29, 1.82) is 0 Å². The van der Waals surface area contributed by atoms with Crippen LogP contribution in [0.1, 0.15) is 56.3 Å². The van der Waals surface area contributed by atoms with Gasteiger partial charge in [0.1, 0.15) is 11.5 Å². The van der Waals surface area contributed by atoms with Gasteiger partial charge in [-0.2, -0.15) is 0 Å². The van der Waals surface area contributed by atoms with Crippen molar-refractivity contribution in [3.63, 3.8) is 0 Å². The maximum absolute atomic E-state index is 13.4. The summed E-state index contributed by atoms with van der Waals surface area (Å²) in [4.78, 5) is 30.0. The van der Waals surface area contributed by atoms with Gasteiger partial charge in [0, 0.05) is 18.7 Å². The molecule has 2 aromatic carbocycles. The monoisotopic (exact) mass is 510 g/mol. The van der Waals surface area contributed by atoms with E-state index in [0.29, 0.717) is 41.5 Å². The molecule has 3 rings (SSSR count). The molecule has 0 aliphatic carbocycles. The smallest absolute Gasteiger partial charge is 0.295 e. The molecule has 0 bridgehead atoms. The van der Waals surface area contributed by atoms with Crippen LogP contribution in [0.2, 0.25) is 0 Å². The molecule has 1 unspecified atom stereocenters. The summed E-state index contributed by atoms with van der Waals surface area (Å²) in [6, 6.07) is 9.82. The number of hydrogen-bond acceptors (Lipinski definition) is 7. The first-order valence-electron chi connectivity index (χ1n) is 12.5. The molecular weight excluding hydrogens is 472 g/mol. The third-order valence-electron chi connectivity index (χ3n) is 6.32. The zero-order valence-electron chi connectivity index (χ0n) is 23.0. The molecule has 2 aromatic rings. The van der Waals surface area contributed by atoms with Crippen molar-refractivity contribution in [1.82, 2.24) is 9.80 Å². The van der Waals surface area contributed by atoms with Crippen molar-refractivity contribution in [2.45, 2.75) is 45.8 Å². The molecule has 0 aromatic heterocycles. The Kier molecular flexibility index (Phi) is 8.86. The predicted molar refractivity (Wildman–Crippen MR) is 143 cm³/mol. The number of carbonyl (C=O) groups excluding carboxylic acids is 2. The Morgan fingerprint density at radius 2 is 1.62 bits per heavy atom. The van der Waals surface area contributed by atoms with E-state index in [9.17, 15) is 14.7 Å². The Morgan fingerprint density at radius 1 is 0.973 bits per heavy atom. The standard InChI is InChI=1S/C29H38N2O6/c1-17(2)21-15-20(10-11-22(21)35-7)27(32)25-26(31(14-13-30(5)6)29(34)28(25)33)19-9-12-23(37-18(3)4)24(16-19)36-8/h9-12,15-18,26,32H,13-14H2,1-8H3/b27-25+. The zero-order valence-corrected chi connectivity index (χ0v) is 23.0. The van der Waals surface area contributed by atoms with Gasteiger partial charge < -0.3 is 29.1 Å². The van der Waals surface area contributed by atoms with E-state index in [-0.39, 0.29) is 23.4 Å². The fourth-order valence-corrected chi connectivity index (χ4v) is 4.46. The Balaban J connectivity index is 2.21. The minimum Gasteiger partial charge on any atom is -0.507 e. The number of aliphatic hydroxyl groups is 1. The summed E-state index contributed by atoms with van der Waals surface area (Å²) in [7, 11) is 6.94. The Bertz CT molecular complexity index is 1180. The zero-order chi connectivity index (χ0) is 27.4. The van der Waals surface area contributed by atoms with Crippen LogP contribution >= 0.6 is 0 Å². The van der Waals surface area contributed by atoms with Crippen LogP contribution in [-0.2, 0) is 9.59 Å². The second-order valence-corrected chi connectivity index (χ2v) is 9.98. The molecule has 0 spiro atoms. The van der Waals surface area contributed by atoms with Crippen LogP contribution in [0.15, 0.2) is 42.0 Å². The Labute approximate surface area is 219 Å². The van der Waals surface area contributed by atoms with Crippen molar-refractivity contribution in [3.05, 3.63) is 58.7 Å². The van der Waals surface area contributed by atoms with Crippen molar-refractivity contribution in [2.24, 2.45) is 0 Å². The van der Waals surface area contributed by atoms with Crippen LogP contribution in [-0.4, -0.2) is 74.1 Å². The highest BCUT2D eigenvalue weighted by atomic mass is 16.5. The van der Waals surface area contributed by atoms with Gasteiger partial charge in [-0.25, -0.2) is 0 Å². The lowest BCUT2D eigenvalue weighted by Crippen LogP contribution is -2.35. The van der Waals surface area contributed by atoms with Gasteiger partial charge in [0.15, 0.2) is 11.5 Å². The van der Waals surface area contributed by atoms with Gasteiger partial charge in [0.05, 0.1) is 31.9 Å². The Hall–Kier alpha value is -3.52. The second kappa shape index (κ2) is 11.7. The molecular formula is C29H38N2O6. The summed E-state index contributed by atoms with van der Waals surface area (Å²) < 4.78 is 16.9. The first kappa shape index (κ1) is 28.1. The predicted octanol–water partition coefficient (Wildman–Crippen LogP) is 4.60. The van der Waals surface area contributed by atoms with E-state index in [1.807, 2.05) is 52.8 Å². The lowest BCUT2D eigenvalue weighted by molar-refractivity contribution is -0.140. The number of likely N-dealkylation sites (tertiary alicyclic amines) is 1. The number of likely N-dealkylation sites (N-methyl/N-ethyl adjacent to an activating group) is 1. The molecule has 1 amide bonds. The molecule has 8 heteroatoms. The number of ketones is 1. The second-order valence-electron chi connectivity index (χ2n) is 9.98. The number of Topliss-reactive ketones (excluding diaryl/α,β-unsaturated/α-hetero) is 1. The van der Waals surface area contributed by atoms with Crippen molar-refractivity contribution < 1.29 is 28.9 Å². The SMILES string of the molecule is COc1cc(C2/C(=C(\O)c3ccc(OC)c(C(C)C)c3)C(=O)C(=O)N2CCN(C)C)ccc1OC(C)C. The van der Waals surface area contributed by atoms with Gasteiger partial charge in [0.2, 0.25) is 0 Å². The highest BCUT2D eigenvalue weighted by Crippen LogP contribution is 2.42. The lowest BCUT2D eigenvalue weighted by Gasteiger charge is -2.27. The number of carbonyl (C=O) groups is 2. The van der Waals surface area contributed by atoms with Gasteiger partial charge in [0.25, 0.3) is 11.7 Å². The molecule has 0 saturated carbocycles. The number of methoxy groups -OCH3 is 2. The maximum atomic E-state index is 13.4. The number of hydrogen-bond donors (Lipinski definition) is 1. The van der Waals surface area contributed by atoms with Crippen molar-refractivity contribution in [3.8, 4) is 17.2 Å². The van der Waals surface area contributed by atoms with E-state index < -0.39 is 17.7 Å². The van der Waals surface area contributed by atoms with Crippen LogP contribution in [0, 0.1) is 0 Å². The lowest BCUT2D eigenvalue weighted by atomic mass is 9.93. The average Bonchev–Trinajstić information content (AvgIpc) is 3.11. The molecule has 1 heterocycles. The molecule has 8 nitrogen and oxygen atoms in total. The topological polar surface area (TPSA) is 88.5 Å². The summed E-state index contributed by atoms with van der Waals surface area (Å²) in [5.41, 5.74) is 2.03. The van der Waals surface area contributed by atoms with Crippen molar-refractivity contribution in [2.75, 3.05) is 41.4 Å². The first-order valence-corrected chi connectivity index (χ1v) is 12.5. The van der Waals surface area contributed by atoms with E-state index in [1.54, 1.807) is 44.6 Å². The van der Waals surface area contributed by atoms with E-state index in [1.165, 1.54) is 4.90 Å². The van der Waals surface area contributed by atoms with E-state index in [4.69, 9.17) is 14.2 Å². The number of ether oxygens (including phenoxy) is 3. The van der Waals surface area contributed by atoms with Crippen molar-refractivity contribution >= 4 is 17.4 Å². The highest BCUT2D eigenvalue weighted by molar-refractivity contribution is 6.46. The fourth-order valence-electron chi connectivity index (χ4n) is 4.46. The normalized spacial score (nSPS) is 17.3. The molecule has 1 aliphatic heterocycles. The van der Waals surface area contributed by atoms with Crippen LogP contribution in [0.4, 0.5) is 0 Å². The van der Waals surface area contributed by atoms with Gasteiger partial charge in [-0.05, 0) is 75.3 Å². The molecule has 1 fully saturated rings. The van der Waals surface area contributed by atoms with Crippen LogP contribution < -0.4 is 14.2 Å². The molecule has 1 N–H and O–H groups in total. The Morgan fingerprint density at radius 3 is 2.19 bits per heavy atom. The van der Waals surface area contributed by atoms with Crippen LogP contribution in [0.25, 0.3) is 5.76 Å². The molecule has 0 radical (unpaired) electrons. The summed E-state index contributed by atoms with van der Waals surface area (Å²) in [6.45, 7) is 8.75. The van der Waals surface area contributed by atoms with E-state index >= 15 is 0 Å². The van der Waals surface area contributed by atoms with E-state index in [2.05, 4.69) is 0 Å². The summed E-state index contributed by atoms with van der Waals surface area (Å²) >= 11 is 0. The average molecular weight is 511 g/mol. The fraction of sp³-hybridized carbons (Fsp3) is 0.448. The van der Waals surface area contributed by atoms with Gasteiger partial charge in [-0.1, -0.05) is 19.9 Å². The van der Waals surface area contributed by atoms with Crippen LogP contribution in [0.3, 0.4) is 0 Å². The molecule has 1 saturated heterocycles. The number of rotatable bonds is 10. The molecule has 1 atom stereocenters. The minimum atomic E-state index is -0.786. The third kappa shape index (κ3) is 5.91. The molecule has 1 aliphatic rings. The van der Waals surface area contributed by atoms with Gasteiger partial charge in [-0.15, -0.1) is 0 Å². The molecule has 37 heavy (non-hydrogen) atoms.